The third-order valence-electron chi connectivity index (χ3n) is 5.05. The number of hydrogen-bond acceptors (Lipinski definition) is 5. The number of hydrogen-bond donors (Lipinski definition) is 0. The van der Waals surface area contributed by atoms with Gasteiger partial charge in [0.15, 0.2) is 5.13 Å². The quantitative estimate of drug-likeness (QED) is 0.407. The molecule has 0 bridgehead atoms. The molecule has 1 heterocycles. The molecule has 4 nitrogen and oxygen atoms in total. The van der Waals surface area contributed by atoms with Gasteiger partial charge < -0.3 is 4.90 Å². The maximum absolute atomic E-state index is 13.2. The van der Waals surface area contributed by atoms with Crippen LogP contribution < -0.4 is 4.90 Å². The number of likely N-dealkylation sites (N-methyl/N-ethyl adjacent to an activating group) is 1. The monoisotopic (exact) mass is 445 g/mol. The second-order valence-corrected chi connectivity index (χ2v) is 9.27. The van der Waals surface area contributed by atoms with Gasteiger partial charge in [0, 0.05) is 18.0 Å². The van der Waals surface area contributed by atoms with E-state index in [-0.39, 0.29) is 17.5 Å². The fourth-order valence-corrected chi connectivity index (χ4v) is 5.18. The van der Waals surface area contributed by atoms with E-state index in [0.717, 1.165) is 39.9 Å². The Balaban J connectivity index is 1.82. The predicted molar refractivity (Wildman–Crippen MR) is 126 cm³/mol. The third-order valence-corrected chi connectivity index (χ3v) is 7.28. The summed E-state index contributed by atoms with van der Waals surface area (Å²) in [6.07, 6.45) is 0. The molecule has 0 fully saturated rings. The van der Waals surface area contributed by atoms with Gasteiger partial charge in [-0.15, -0.1) is 11.8 Å². The molecular weight excluding hydrogens is 417 g/mol. The van der Waals surface area contributed by atoms with Crippen LogP contribution in [0.2, 0.25) is 0 Å². The first-order valence-corrected chi connectivity index (χ1v) is 12.0. The van der Waals surface area contributed by atoms with Crippen LogP contribution in [0, 0.1) is 19.7 Å². The Morgan fingerprint density at radius 3 is 2.47 bits per heavy atom. The van der Waals surface area contributed by atoms with E-state index in [4.69, 9.17) is 4.98 Å². The number of aryl methyl sites for hydroxylation is 2. The molecule has 0 aliphatic carbocycles. The lowest BCUT2D eigenvalue weighted by atomic mass is 10.1. The Morgan fingerprint density at radius 1 is 1.10 bits per heavy atom. The van der Waals surface area contributed by atoms with Crippen LogP contribution in [0.15, 0.2) is 41.3 Å². The van der Waals surface area contributed by atoms with Crippen molar-refractivity contribution in [3.8, 4) is 0 Å². The summed E-state index contributed by atoms with van der Waals surface area (Å²) < 4.78 is 14.3. The maximum atomic E-state index is 13.2. The van der Waals surface area contributed by atoms with Crippen molar-refractivity contribution >= 4 is 44.4 Å². The Bertz CT molecular complexity index is 1000. The normalized spacial score (nSPS) is 11.4. The van der Waals surface area contributed by atoms with E-state index in [9.17, 15) is 9.18 Å². The first-order valence-electron chi connectivity index (χ1n) is 10.2. The summed E-state index contributed by atoms with van der Waals surface area (Å²) in [4.78, 5) is 23.0. The van der Waals surface area contributed by atoms with Gasteiger partial charge in [-0.3, -0.25) is 9.69 Å². The fraction of sp³-hybridized carbons (Fsp3) is 0.391. The van der Waals surface area contributed by atoms with Crippen molar-refractivity contribution in [3.63, 3.8) is 0 Å². The molecule has 30 heavy (non-hydrogen) atoms. The van der Waals surface area contributed by atoms with E-state index in [1.54, 1.807) is 23.5 Å². The molecule has 1 aromatic heterocycles. The van der Waals surface area contributed by atoms with Crippen molar-refractivity contribution in [3.05, 3.63) is 53.3 Å². The van der Waals surface area contributed by atoms with Crippen molar-refractivity contribution in [2.24, 2.45) is 0 Å². The molecule has 0 atom stereocenters. The number of amides is 1. The number of nitrogens with zero attached hydrogens (tertiary/aromatic N) is 3. The van der Waals surface area contributed by atoms with E-state index in [0.29, 0.717) is 6.54 Å². The number of halogens is 1. The van der Waals surface area contributed by atoms with Crippen LogP contribution in [-0.4, -0.2) is 47.7 Å². The first kappa shape index (κ1) is 22.7. The lowest BCUT2D eigenvalue weighted by molar-refractivity contribution is -0.116. The van der Waals surface area contributed by atoms with Crippen molar-refractivity contribution < 1.29 is 9.18 Å². The van der Waals surface area contributed by atoms with Crippen LogP contribution >= 0.6 is 23.1 Å². The summed E-state index contributed by atoms with van der Waals surface area (Å²) in [5.74, 6) is 0.0363. The van der Waals surface area contributed by atoms with Gasteiger partial charge >= 0.3 is 0 Å². The summed E-state index contributed by atoms with van der Waals surface area (Å²) in [5.41, 5.74) is 3.30. The maximum Gasteiger partial charge on any atom is 0.239 e. The van der Waals surface area contributed by atoms with E-state index in [1.807, 2.05) is 4.90 Å². The van der Waals surface area contributed by atoms with Gasteiger partial charge in [-0.25, -0.2) is 9.37 Å². The molecular formula is C23H28FN3OS2. The molecule has 3 aromatic rings. The Kier molecular flexibility index (Phi) is 7.86. The van der Waals surface area contributed by atoms with Crippen molar-refractivity contribution in [2.75, 3.05) is 36.8 Å². The Morgan fingerprint density at radius 2 is 1.80 bits per heavy atom. The lowest BCUT2D eigenvalue weighted by Crippen LogP contribution is -2.39. The Hall–Kier alpha value is -1.96. The second-order valence-electron chi connectivity index (χ2n) is 7.24. The molecule has 7 heteroatoms. The SMILES string of the molecule is CCN(CC)CCN(C(=O)CSc1ccc(F)cc1)c1nc2cc(C)cc(C)c2s1. The highest BCUT2D eigenvalue weighted by molar-refractivity contribution is 8.00. The van der Waals surface area contributed by atoms with Crippen LogP contribution in [0.5, 0.6) is 0 Å². The van der Waals surface area contributed by atoms with E-state index in [1.165, 1.54) is 35.0 Å². The van der Waals surface area contributed by atoms with Gasteiger partial charge in [-0.2, -0.15) is 0 Å². The number of rotatable bonds is 9. The topological polar surface area (TPSA) is 36.4 Å². The summed E-state index contributed by atoms with van der Waals surface area (Å²) in [7, 11) is 0. The molecule has 0 unspecified atom stereocenters. The van der Waals surface area contributed by atoms with Crippen LogP contribution in [0.4, 0.5) is 9.52 Å². The molecule has 0 saturated carbocycles. The molecule has 0 spiro atoms. The van der Waals surface area contributed by atoms with Gasteiger partial charge in [0.25, 0.3) is 0 Å². The van der Waals surface area contributed by atoms with Crippen molar-refractivity contribution in [1.29, 1.82) is 0 Å². The third kappa shape index (κ3) is 5.59. The van der Waals surface area contributed by atoms with E-state index in [2.05, 4.69) is 44.7 Å². The van der Waals surface area contributed by atoms with Crippen molar-refractivity contribution in [2.45, 2.75) is 32.6 Å². The van der Waals surface area contributed by atoms with E-state index < -0.39 is 0 Å². The number of aromatic nitrogens is 1. The summed E-state index contributed by atoms with van der Waals surface area (Å²) in [6.45, 7) is 11.7. The minimum absolute atomic E-state index is 0.0184. The summed E-state index contributed by atoms with van der Waals surface area (Å²) in [6, 6.07) is 10.5. The number of anilines is 1. The molecule has 0 saturated heterocycles. The molecule has 2 aromatic carbocycles. The first-order chi connectivity index (χ1) is 14.4. The van der Waals surface area contributed by atoms with Gasteiger partial charge in [0.1, 0.15) is 5.82 Å². The van der Waals surface area contributed by atoms with Gasteiger partial charge in [0.05, 0.1) is 16.0 Å². The minimum atomic E-state index is -0.272. The summed E-state index contributed by atoms with van der Waals surface area (Å²) >= 11 is 3.00. The van der Waals surface area contributed by atoms with Gasteiger partial charge in [0.2, 0.25) is 5.91 Å². The minimum Gasteiger partial charge on any atom is -0.302 e. The zero-order valence-corrected chi connectivity index (χ0v) is 19.6. The molecule has 0 radical (unpaired) electrons. The standard InChI is InChI=1S/C23H28FN3OS2/c1-5-26(6-2)11-12-27(21(28)15-29-19-9-7-18(24)8-10-19)23-25-20-14-16(3)13-17(4)22(20)30-23/h7-10,13-14H,5-6,11-12,15H2,1-4H3. The molecule has 3 rings (SSSR count). The number of thioether (sulfide) groups is 1. The average Bonchev–Trinajstić information content (AvgIpc) is 3.14. The highest BCUT2D eigenvalue weighted by Crippen LogP contribution is 2.32. The van der Waals surface area contributed by atoms with Crippen LogP contribution in [0.25, 0.3) is 10.2 Å². The number of benzene rings is 2. The fourth-order valence-electron chi connectivity index (χ4n) is 3.34. The lowest BCUT2D eigenvalue weighted by Gasteiger charge is -2.24. The number of carbonyl (C=O) groups excluding carboxylic acids is 1. The van der Waals surface area contributed by atoms with Crippen LogP contribution in [-0.2, 0) is 4.79 Å². The molecule has 160 valence electrons. The van der Waals surface area contributed by atoms with E-state index >= 15 is 0 Å². The molecule has 0 aliphatic rings. The number of thiazole rings is 1. The van der Waals surface area contributed by atoms with Crippen molar-refractivity contribution in [1.82, 2.24) is 9.88 Å². The van der Waals surface area contributed by atoms with Crippen LogP contribution in [0.1, 0.15) is 25.0 Å². The van der Waals surface area contributed by atoms with Gasteiger partial charge in [-0.05, 0) is 68.4 Å². The zero-order chi connectivity index (χ0) is 21.7. The van der Waals surface area contributed by atoms with Crippen LogP contribution in [0.3, 0.4) is 0 Å². The Labute approximate surface area is 186 Å². The average molecular weight is 446 g/mol. The summed E-state index contributed by atoms with van der Waals surface area (Å²) in [5, 5.41) is 0.746. The predicted octanol–water partition coefficient (Wildman–Crippen LogP) is 5.52. The second kappa shape index (κ2) is 10.4. The molecule has 0 aliphatic heterocycles. The largest absolute Gasteiger partial charge is 0.302 e. The zero-order valence-electron chi connectivity index (χ0n) is 17.9. The molecule has 0 N–H and O–H groups in total. The highest BCUT2D eigenvalue weighted by atomic mass is 32.2. The molecule has 1 amide bonds. The number of fused-ring (bicyclic) bond motifs is 1. The smallest absolute Gasteiger partial charge is 0.239 e. The number of carbonyl (C=O) groups is 1. The van der Waals surface area contributed by atoms with Gasteiger partial charge in [-0.1, -0.05) is 31.3 Å². The highest BCUT2D eigenvalue weighted by Gasteiger charge is 2.21.